The van der Waals surface area contributed by atoms with Crippen LogP contribution in [0.2, 0.25) is 0 Å². The third-order valence-corrected chi connectivity index (χ3v) is 11.1. The van der Waals surface area contributed by atoms with Gasteiger partial charge in [-0.1, -0.05) is 162 Å². The van der Waals surface area contributed by atoms with Crippen molar-refractivity contribution in [1.82, 2.24) is 10.6 Å². The molecule has 5 rings (SSSR count). The Hall–Kier alpha value is -4.26. The van der Waals surface area contributed by atoms with Crippen LogP contribution in [-0.4, -0.2) is 45.3 Å². The number of carbonyl (C=O) groups is 2. The minimum atomic E-state index is -1.31. The fourth-order valence-corrected chi connectivity index (χ4v) is 8.31. The number of rotatable bonds is 18. The zero-order chi connectivity index (χ0) is 37.9. The molecule has 0 bridgehead atoms. The van der Waals surface area contributed by atoms with Gasteiger partial charge in [-0.3, -0.25) is 9.59 Å². The van der Waals surface area contributed by atoms with Gasteiger partial charge in [-0.15, -0.1) is 0 Å². The van der Waals surface area contributed by atoms with Crippen LogP contribution in [-0.2, 0) is 35.3 Å². The zero-order valence-corrected chi connectivity index (χ0v) is 32.1. The lowest BCUT2D eigenvalue weighted by Gasteiger charge is -2.42. The monoisotopic (exact) mass is 716 g/mol. The SMILES string of the molecule is CC(C)C[C@@H](NC(=O)C1(C(=O)N[C@H](CC(C)C)C(O)(Cc2ccccc2)Cc2ccccc2)CCCC1)C(O)(Cc1ccccc1)Cc1ccccc1. The highest BCUT2D eigenvalue weighted by atomic mass is 16.3. The first-order chi connectivity index (χ1) is 25.4. The predicted molar refractivity (Wildman–Crippen MR) is 214 cm³/mol. The first-order valence-electron chi connectivity index (χ1n) is 19.6. The second-order valence-corrected chi connectivity index (χ2v) is 16.5. The smallest absolute Gasteiger partial charge is 0.236 e. The molecule has 0 aromatic heterocycles. The van der Waals surface area contributed by atoms with Gasteiger partial charge < -0.3 is 20.8 Å². The van der Waals surface area contributed by atoms with E-state index in [1.165, 1.54) is 0 Å². The van der Waals surface area contributed by atoms with Crippen LogP contribution in [0.15, 0.2) is 121 Å². The van der Waals surface area contributed by atoms with Gasteiger partial charge in [0.15, 0.2) is 0 Å². The van der Waals surface area contributed by atoms with E-state index in [4.69, 9.17) is 0 Å². The molecule has 6 heteroatoms. The molecule has 0 saturated heterocycles. The van der Waals surface area contributed by atoms with E-state index in [2.05, 4.69) is 38.3 Å². The predicted octanol–water partition coefficient (Wildman–Crippen LogP) is 8.04. The molecule has 0 heterocycles. The van der Waals surface area contributed by atoms with Gasteiger partial charge >= 0.3 is 0 Å². The maximum atomic E-state index is 14.8. The maximum absolute atomic E-state index is 14.8. The summed E-state index contributed by atoms with van der Waals surface area (Å²) < 4.78 is 0. The Morgan fingerprint density at radius 3 is 1.04 bits per heavy atom. The minimum Gasteiger partial charge on any atom is -0.387 e. The lowest BCUT2D eigenvalue weighted by atomic mass is 9.76. The summed E-state index contributed by atoms with van der Waals surface area (Å²) >= 11 is 0. The van der Waals surface area contributed by atoms with Gasteiger partial charge in [0.25, 0.3) is 0 Å². The summed E-state index contributed by atoms with van der Waals surface area (Å²) in [4.78, 5) is 29.7. The molecule has 1 saturated carbocycles. The number of nitrogens with one attached hydrogen (secondary N) is 2. The van der Waals surface area contributed by atoms with Crippen molar-refractivity contribution in [2.75, 3.05) is 0 Å². The highest BCUT2D eigenvalue weighted by Gasteiger charge is 2.52. The Bertz CT molecular complexity index is 1500. The average molecular weight is 717 g/mol. The molecule has 4 aromatic carbocycles. The molecule has 282 valence electrons. The molecule has 0 spiro atoms. The van der Waals surface area contributed by atoms with Gasteiger partial charge in [-0.2, -0.15) is 0 Å². The van der Waals surface area contributed by atoms with Crippen LogP contribution >= 0.6 is 0 Å². The first kappa shape index (κ1) is 39.9. The molecule has 53 heavy (non-hydrogen) atoms. The second-order valence-electron chi connectivity index (χ2n) is 16.5. The molecule has 0 radical (unpaired) electrons. The molecule has 2 amide bonds. The summed E-state index contributed by atoms with van der Waals surface area (Å²) in [5, 5.41) is 32.1. The van der Waals surface area contributed by atoms with Crippen LogP contribution in [0.3, 0.4) is 0 Å². The van der Waals surface area contributed by atoms with E-state index in [1.54, 1.807) is 0 Å². The molecule has 2 atom stereocenters. The van der Waals surface area contributed by atoms with Gasteiger partial charge in [0.1, 0.15) is 5.41 Å². The molecule has 4 N–H and O–H groups in total. The fraction of sp³-hybridized carbons (Fsp3) is 0.447. The Morgan fingerprint density at radius 1 is 0.528 bits per heavy atom. The number of aliphatic hydroxyl groups is 2. The van der Waals surface area contributed by atoms with Crippen LogP contribution < -0.4 is 10.6 Å². The lowest BCUT2D eigenvalue weighted by Crippen LogP contribution is -2.63. The number of benzene rings is 4. The van der Waals surface area contributed by atoms with Crippen LogP contribution in [0.25, 0.3) is 0 Å². The molecule has 4 aromatic rings. The summed E-state index contributed by atoms with van der Waals surface area (Å²) in [5.41, 5.74) is -0.0182. The molecular formula is C47H60N2O4. The number of hydrogen-bond donors (Lipinski definition) is 4. The van der Waals surface area contributed by atoms with E-state index in [1.807, 2.05) is 121 Å². The summed E-state index contributed by atoms with van der Waals surface area (Å²) in [5.74, 6) is -0.326. The normalized spacial score (nSPS) is 15.6. The van der Waals surface area contributed by atoms with E-state index in [0.717, 1.165) is 35.1 Å². The first-order valence-corrected chi connectivity index (χ1v) is 19.6. The van der Waals surface area contributed by atoms with Gasteiger partial charge in [0.05, 0.1) is 23.3 Å². The van der Waals surface area contributed by atoms with Crippen molar-refractivity contribution in [3.8, 4) is 0 Å². The fourth-order valence-electron chi connectivity index (χ4n) is 8.31. The summed E-state index contributed by atoms with van der Waals surface area (Å²) in [6, 6.07) is 38.5. The maximum Gasteiger partial charge on any atom is 0.236 e. The Balaban J connectivity index is 1.47. The summed E-state index contributed by atoms with van der Waals surface area (Å²) in [7, 11) is 0. The topological polar surface area (TPSA) is 98.7 Å². The van der Waals surface area contributed by atoms with E-state index in [-0.39, 0.29) is 23.7 Å². The van der Waals surface area contributed by atoms with E-state index in [0.29, 0.717) is 51.4 Å². The van der Waals surface area contributed by atoms with E-state index in [9.17, 15) is 19.8 Å². The van der Waals surface area contributed by atoms with Crippen molar-refractivity contribution in [2.45, 2.75) is 115 Å². The minimum absolute atomic E-state index is 0.174. The van der Waals surface area contributed by atoms with E-state index < -0.39 is 28.7 Å². The van der Waals surface area contributed by atoms with Crippen molar-refractivity contribution in [2.24, 2.45) is 17.3 Å². The molecule has 0 unspecified atom stereocenters. The highest BCUT2D eigenvalue weighted by molar-refractivity contribution is 6.05. The molecular weight excluding hydrogens is 657 g/mol. The molecule has 6 nitrogen and oxygen atoms in total. The van der Waals surface area contributed by atoms with Crippen molar-refractivity contribution in [3.05, 3.63) is 144 Å². The Labute approximate surface area is 317 Å². The molecule has 1 aliphatic rings. The van der Waals surface area contributed by atoms with Gasteiger partial charge in [-0.05, 0) is 59.8 Å². The van der Waals surface area contributed by atoms with Gasteiger partial charge in [-0.25, -0.2) is 0 Å². The second kappa shape index (κ2) is 18.2. The molecule has 1 aliphatic carbocycles. The quantitative estimate of drug-likeness (QED) is 0.0784. The third kappa shape index (κ3) is 10.7. The van der Waals surface area contributed by atoms with Crippen LogP contribution in [0.1, 0.15) is 88.5 Å². The third-order valence-electron chi connectivity index (χ3n) is 11.1. The number of carbonyl (C=O) groups excluding carboxylic acids is 2. The summed E-state index contributed by atoms with van der Waals surface area (Å²) in [6.45, 7) is 8.39. The standard InChI is InChI=1S/C47H60N2O4/c1-35(2)29-41(46(52,31-37-19-9-5-10-20-37)32-38-21-11-6-12-22-38)48-43(50)45(27-17-18-28-45)44(51)49-42(30-36(3)4)47(53,33-39-23-13-7-14-24-39)34-40-25-15-8-16-26-40/h5-16,19-26,35-36,41-42,52-53H,17-18,27-34H2,1-4H3,(H,48,50)(H,49,51)/t41-,42-/m1/s1. The van der Waals surface area contributed by atoms with E-state index >= 15 is 0 Å². The zero-order valence-electron chi connectivity index (χ0n) is 32.1. The largest absolute Gasteiger partial charge is 0.387 e. The van der Waals surface area contributed by atoms with Gasteiger partial charge in [0, 0.05) is 25.7 Å². The molecule has 1 fully saturated rings. The highest BCUT2D eigenvalue weighted by Crippen LogP contribution is 2.41. The lowest BCUT2D eigenvalue weighted by molar-refractivity contribution is -0.147. The summed E-state index contributed by atoms with van der Waals surface area (Å²) in [6.07, 6.45) is 4.82. The van der Waals surface area contributed by atoms with Crippen molar-refractivity contribution < 1.29 is 19.8 Å². The molecule has 0 aliphatic heterocycles. The Morgan fingerprint density at radius 2 is 0.792 bits per heavy atom. The van der Waals surface area contributed by atoms with Crippen molar-refractivity contribution >= 4 is 11.8 Å². The van der Waals surface area contributed by atoms with Crippen molar-refractivity contribution in [3.63, 3.8) is 0 Å². The van der Waals surface area contributed by atoms with Crippen LogP contribution in [0.4, 0.5) is 0 Å². The van der Waals surface area contributed by atoms with Crippen LogP contribution in [0.5, 0.6) is 0 Å². The number of hydrogen-bond acceptors (Lipinski definition) is 4. The van der Waals surface area contributed by atoms with Crippen molar-refractivity contribution in [1.29, 1.82) is 0 Å². The average Bonchev–Trinajstić information content (AvgIpc) is 3.64. The van der Waals surface area contributed by atoms with Gasteiger partial charge in [0.2, 0.25) is 11.8 Å². The van der Waals surface area contributed by atoms with Crippen LogP contribution in [0, 0.1) is 17.3 Å². The number of amides is 2. The Kier molecular flexibility index (Phi) is 13.7.